The van der Waals surface area contributed by atoms with Gasteiger partial charge in [-0.3, -0.25) is 9.69 Å². The summed E-state index contributed by atoms with van der Waals surface area (Å²) in [5.74, 6) is 2.93. The summed E-state index contributed by atoms with van der Waals surface area (Å²) in [5.41, 5.74) is 0.0383. The van der Waals surface area contributed by atoms with Crippen LogP contribution in [-0.4, -0.2) is 49.1 Å². The molecule has 0 aromatic heterocycles. The lowest BCUT2D eigenvalue weighted by molar-refractivity contribution is -0.123. The molecule has 0 aromatic rings. The Hall–Kier alpha value is -0.0300. The van der Waals surface area contributed by atoms with E-state index in [0.717, 1.165) is 44.6 Å². The Morgan fingerprint density at radius 3 is 2.23 bits per heavy atom. The normalized spacial score (nSPS) is 26.3. The molecule has 1 amide bonds. The average molecular weight is 410 g/mol. The maximum Gasteiger partial charge on any atom is 0.220 e. The van der Waals surface area contributed by atoms with Gasteiger partial charge in [-0.15, -0.1) is 24.8 Å². The smallest absolute Gasteiger partial charge is 0.220 e. The number of rotatable bonds is 6. The molecule has 156 valence electrons. The number of halogens is 2. The Morgan fingerprint density at radius 1 is 1.15 bits per heavy atom. The minimum atomic E-state index is 0. The van der Waals surface area contributed by atoms with Gasteiger partial charge in [0.05, 0.1) is 0 Å². The van der Waals surface area contributed by atoms with Crippen molar-refractivity contribution in [3.8, 4) is 0 Å². The number of piperidine rings is 2. The van der Waals surface area contributed by atoms with E-state index >= 15 is 0 Å². The lowest BCUT2D eigenvalue weighted by atomic mass is 9.84. The summed E-state index contributed by atoms with van der Waals surface area (Å²) in [7, 11) is 0. The number of nitrogens with zero attached hydrogens (tertiary/aromatic N) is 1. The minimum absolute atomic E-state index is 0. The summed E-state index contributed by atoms with van der Waals surface area (Å²) in [6.07, 6.45) is 4.42. The van der Waals surface area contributed by atoms with Gasteiger partial charge < -0.3 is 10.6 Å². The quantitative estimate of drug-likeness (QED) is 0.701. The van der Waals surface area contributed by atoms with Gasteiger partial charge in [0.2, 0.25) is 5.91 Å². The van der Waals surface area contributed by atoms with Crippen LogP contribution in [0.15, 0.2) is 0 Å². The topological polar surface area (TPSA) is 44.4 Å². The first-order valence-corrected chi connectivity index (χ1v) is 10.0. The Bertz CT molecular complexity index is 404. The van der Waals surface area contributed by atoms with Gasteiger partial charge in [-0.05, 0) is 69.9 Å². The molecule has 2 rings (SSSR count). The molecular formula is C20H41Cl2N3O. The summed E-state index contributed by atoms with van der Waals surface area (Å²) in [6, 6.07) is 0. The van der Waals surface area contributed by atoms with Crippen LogP contribution in [0.2, 0.25) is 0 Å². The van der Waals surface area contributed by atoms with Gasteiger partial charge in [0.25, 0.3) is 0 Å². The molecule has 0 aliphatic carbocycles. The van der Waals surface area contributed by atoms with Crippen molar-refractivity contribution in [1.29, 1.82) is 0 Å². The predicted octanol–water partition coefficient (Wildman–Crippen LogP) is 3.73. The highest BCUT2D eigenvalue weighted by atomic mass is 35.5. The van der Waals surface area contributed by atoms with Crippen molar-refractivity contribution < 1.29 is 4.79 Å². The molecule has 2 aliphatic rings. The molecule has 2 fully saturated rings. The first-order valence-electron chi connectivity index (χ1n) is 10.0. The molecule has 4 nitrogen and oxygen atoms in total. The van der Waals surface area contributed by atoms with Gasteiger partial charge in [-0.2, -0.15) is 0 Å². The molecular weight excluding hydrogens is 369 g/mol. The van der Waals surface area contributed by atoms with Crippen LogP contribution in [0.5, 0.6) is 0 Å². The molecule has 0 saturated carbocycles. The lowest BCUT2D eigenvalue weighted by Gasteiger charge is -2.45. The van der Waals surface area contributed by atoms with Gasteiger partial charge in [-0.1, -0.05) is 20.8 Å². The fourth-order valence-electron chi connectivity index (χ4n) is 4.53. The molecule has 0 spiro atoms. The van der Waals surface area contributed by atoms with E-state index in [0.29, 0.717) is 18.3 Å². The number of nitrogens with one attached hydrogen (secondary N) is 2. The third-order valence-corrected chi connectivity index (χ3v) is 6.14. The van der Waals surface area contributed by atoms with Crippen molar-refractivity contribution in [3.63, 3.8) is 0 Å². The van der Waals surface area contributed by atoms with Gasteiger partial charge in [0.1, 0.15) is 0 Å². The largest absolute Gasteiger partial charge is 0.354 e. The van der Waals surface area contributed by atoms with E-state index in [1.807, 2.05) is 0 Å². The maximum atomic E-state index is 12.4. The summed E-state index contributed by atoms with van der Waals surface area (Å²) < 4.78 is 0. The van der Waals surface area contributed by atoms with Crippen LogP contribution in [0.25, 0.3) is 0 Å². The van der Waals surface area contributed by atoms with Gasteiger partial charge in [0.15, 0.2) is 0 Å². The number of hydrogen-bond acceptors (Lipinski definition) is 3. The second kappa shape index (κ2) is 11.7. The SMILES string of the molecule is CC1CC(C)CN(C(C)(C)CNC(=O)CC(C)C2CCNCC2)C1.Cl.Cl. The molecule has 3 atom stereocenters. The van der Waals surface area contributed by atoms with E-state index in [9.17, 15) is 4.79 Å². The monoisotopic (exact) mass is 409 g/mol. The second-order valence-corrected chi connectivity index (χ2v) is 9.21. The van der Waals surface area contributed by atoms with Crippen molar-refractivity contribution in [2.24, 2.45) is 23.7 Å². The van der Waals surface area contributed by atoms with E-state index in [4.69, 9.17) is 0 Å². The fraction of sp³-hybridized carbons (Fsp3) is 0.950. The van der Waals surface area contributed by atoms with Crippen molar-refractivity contribution in [3.05, 3.63) is 0 Å². The number of carbonyl (C=O) groups is 1. The van der Waals surface area contributed by atoms with E-state index in [-0.39, 0.29) is 36.3 Å². The average Bonchev–Trinajstić information content (AvgIpc) is 2.53. The highest BCUT2D eigenvalue weighted by Gasteiger charge is 2.33. The van der Waals surface area contributed by atoms with Crippen LogP contribution in [0.4, 0.5) is 0 Å². The summed E-state index contributed by atoms with van der Waals surface area (Å²) in [6.45, 7) is 16.7. The zero-order chi connectivity index (χ0) is 17.7. The number of carbonyl (C=O) groups excluding carboxylic acids is 1. The van der Waals surface area contributed by atoms with Crippen LogP contribution < -0.4 is 10.6 Å². The maximum absolute atomic E-state index is 12.4. The Balaban J connectivity index is 0.00000312. The number of amides is 1. The number of hydrogen-bond donors (Lipinski definition) is 2. The molecule has 2 N–H and O–H groups in total. The second-order valence-electron chi connectivity index (χ2n) is 9.21. The highest BCUT2D eigenvalue weighted by Crippen LogP contribution is 2.27. The van der Waals surface area contributed by atoms with Crippen molar-refractivity contribution in [2.75, 3.05) is 32.7 Å². The summed E-state index contributed by atoms with van der Waals surface area (Å²) in [5, 5.41) is 6.63. The molecule has 0 radical (unpaired) electrons. The van der Waals surface area contributed by atoms with E-state index in [2.05, 4.69) is 50.2 Å². The molecule has 0 aromatic carbocycles. The van der Waals surface area contributed by atoms with E-state index in [1.165, 1.54) is 19.3 Å². The molecule has 2 aliphatic heterocycles. The lowest BCUT2D eigenvalue weighted by Crippen LogP contribution is -2.56. The highest BCUT2D eigenvalue weighted by molar-refractivity contribution is 5.85. The first-order chi connectivity index (χ1) is 11.3. The Kier molecular flexibility index (Phi) is 11.7. The van der Waals surface area contributed by atoms with Gasteiger partial charge in [-0.25, -0.2) is 0 Å². The standard InChI is InChI=1S/C20H39N3O.2ClH/c1-15-10-16(2)13-23(12-15)20(4,5)14-22-19(24)11-17(3)18-6-8-21-9-7-18;;/h15-18,21H,6-14H2,1-5H3,(H,22,24);2*1H. The Morgan fingerprint density at radius 2 is 1.69 bits per heavy atom. The van der Waals surface area contributed by atoms with Crippen LogP contribution in [-0.2, 0) is 4.79 Å². The van der Waals surface area contributed by atoms with Crippen molar-refractivity contribution >= 4 is 30.7 Å². The summed E-state index contributed by atoms with van der Waals surface area (Å²) in [4.78, 5) is 15.0. The fourth-order valence-corrected chi connectivity index (χ4v) is 4.53. The van der Waals surface area contributed by atoms with Crippen molar-refractivity contribution in [2.45, 2.75) is 65.8 Å². The molecule has 26 heavy (non-hydrogen) atoms. The van der Waals surface area contributed by atoms with Gasteiger partial charge >= 0.3 is 0 Å². The third kappa shape index (κ3) is 7.92. The number of likely N-dealkylation sites (tertiary alicyclic amines) is 1. The predicted molar refractivity (Wildman–Crippen MR) is 115 cm³/mol. The first kappa shape index (κ1) is 26.0. The molecule has 2 saturated heterocycles. The third-order valence-electron chi connectivity index (χ3n) is 6.14. The zero-order valence-electron chi connectivity index (χ0n) is 17.3. The minimum Gasteiger partial charge on any atom is -0.354 e. The molecule has 2 heterocycles. The van der Waals surface area contributed by atoms with E-state index < -0.39 is 0 Å². The molecule has 0 bridgehead atoms. The van der Waals surface area contributed by atoms with E-state index in [1.54, 1.807) is 0 Å². The zero-order valence-corrected chi connectivity index (χ0v) is 19.0. The molecule has 3 unspecified atom stereocenters. The van der Waals surface area contributed by atoms with Crippen LogP contribution in [0.3, 0.4) is 0 Å². The van der Waals surface area contributed by atoms with Crippen molar-refractivity contribution in [1.82, 2.24) is 15.5 Å². The van der Waals surface area contributed by atoms with Crippen LogP contribution in [0.1, 0.15) is 60.3 Å². The van der Waals surface area contributed by atoms with Crippen LogP contribution >= 0.6 is 24.8 Å². The Labute approximate surface area is 173 Å². The molecule has 6 heteroatoms. The summed E-state index contributed by atoms with van der Waals surface area (Å²) >= 11 is 0. The van der Waals surface area contributed by atoms with Crippen LogP contribution in [0, 0.1) is 23.7 Å². The van der Waals surface area contributed by atoms with Gasteiger partial charge in [0, 0.05) is 31.6 Å².